The van der Waals surface area contributed by atoms with Gasteiger partial charge in [0.2, 0.25) is 17.7 Å². The van der Waals surface area contributed by atoms with E-state index in [0.717, 1.165) is 37.1 Å². The average Bonchev–Trinajstić information content (AvgIpc) is 3.26. The number of rotatable bonds is 4. The normalized spacial score (nSPS) is 37.9. The predicted molar refractivity (Wildman–Crippen MR) is 82.9 cm³/mol. The van der Waals surface area contributed by atoms with E-state index >= 15 is 0 Å². The minimum atomic E-state index is -0.351. The Labute approximate surface area is 140 Å². The van der Waals surface area contributed by atoms with Crippen molar-refractivity contribution in [3.05, 3.63) is 0 Å². The van der Waals surface area contributed by atoms with E-state index in [9.17, 15) is 14.4 Å². The van der Waals surface area contributed by atoms with Gasteiger partial charge < -0.3 is 15.4 Å². The third-order valence-electron chi connectivity index (χ3n) is 5.39. The number of hydrogen-bond acceptors (Lipinski definition) is 5. The first kappa shape index (κ1) is 16.7. The van der Waals surface area contributed by atoms with E-state index in [1.54, 1.807) is 0 Å². The van der Waals surface area contributed by atoms with E-state index in [0.29, 0.717) is 12.6 Å². The molecule has 0 spiro atoms. The minimum absolute atomic E-state index is 0. The fraction of sp³-hybridized carbons (Fsp3) is 0.800. The molecular weight excluding hydrogens is 322 g/mol. The van der Waals surface area contributed by atoms with Crippen molar-refractivity contribution in [3.8, 4) is 0 Å². The van der Waals surface area contributed by atoms with Gasteiger partial charge in [-0.15, -0.1) is 12.4 Å². The van der Waals surface area contributed by atoms with Crippen LogP contribution in [0.1, 0.15) is 25.7 Å². The van der Waals surface area contributed by atoms with Crippen LogP contribution in [0.3, 0.4) is 0 Å². The number of nitrogens with one attached hydrogen (secondary N) is 2. The van der Waals surface area contributed by atoms with Crippen LogP contribution in [-0.4, -0.2) is 60.5 Å². The van der Waals surface area contributed by atoms with E-state index in [4.69, 9.17) is 4.74 Å². The molecule has 8 heteroatoms. The summed E-state index contributed by atoms with van der Waals surface area (Å²) in [5, 5.41) is 6.11. The van der Waals surface area contributed by atoms with Crippen LogP contribution in [0, 0.1) is 11.8 Å². The molecule has 2 N–H and O–H groups in total. The Hall–Kier alpha value is -1.18. The maximum absolute atomic E-state index is 12.4. The summed E-state index contributed by atoms with van der Waals surface area (Å²) < 4.78 is 5.67. The maximum Gasteiger partial charge on any atom is 0.240 e. The number of hydrogen-bond donors (Lipinski definition) is 2. The molecule has 0 aromatic heterocycles. The van der Waals surface area contributed by atoms with Crippen molar-refractivity contribution in [2.45, 2.75) is 43.9 Å². The number of amides is 3. The smallest absolute Gasteiger partial charge is 0.240 e. The van der Waals surface area contributed by atoms with Gasteiger partial charge in [-0.25, -0.2) is 0 Å². The molecule has 4 fully saturated rings. The summed E-state index contributed by atoms with van der Waals surface area (Å²) >= 11 is 0. The van der Waals surface area contributed by atoms with Crippen molar-refractivity contribution in [1.82, 2.24) is 15.5 Å². The van der Waals surface area contributed by atoms with Crippen molar-refractivity contribution < 1.29 is 19.1 Å². The molecule has 128 valence electrons. The lowest BCUT2D eigenvalue weighted by Crippen LogP contribution is -2.45. The number of ether oxygens (including phenoxy) is 1. The first-order valence-corrected chi connectivity index (χ1v) is 8.16. The van der Waals surface area contributed by atoms with Gasteiger partial charge in [0.1, 0.15) is 6.54 Å². The lowest BCUT2D eigenvalue weighted by molar-refractivity contribution is -0.146. The lowest BCUT2D eigenvalue weighted by Gasteiger charge is -2.18. The Kier molecular flexibility index (Phi) is 4.62. The number of carbonyl (C=O) groups excluding carboxylic acids is 3. The lowest BCUT2D eigenvalue weighted by atomic mass is 9.81. The third kappa shape index (κ3) is 2.75. The summed E-state index contributed by atoms with van der Waals surface area (Å²) in [6, 6.07) is 0.303. The fourth-order valence-electron chi connectivity index (χ4n) is 4.30. The van der Waals surface area contributed by atoms with Crippen molar-refractivity contribution in [2.75, 3.05) is 19.6 Å². The van der Waals surface area contributed by atoms with E-state index in [1.165, 1.54) is 0 Å². The molecule has 3 amide bonds. The largest absolute Gasteiger partial charge is 0.373 e. The second kappa shape index (κ2) is 6.37. The Morgan fingerprint density at radius 3 is 2.39 bits per heavy atom. The molecule has 2 bridgehead atoms. The zero-order valence-corrected chi connectivity index (χ0v) is 13.6. The molecule has 0 radical (unpaired) electrons. The molecule has 4 saturated heterocycles. The van der Waals surface area contributed by atoms with Gasteiger partial charge in [0.15, 0.2) is 0 Å². The van der Waals surface area contributed by atoms with Crippen LogP contribution in [0.5, 0.6) is 0 Å². The summed E-state index contributed by atoms with van der Waals surface area (Å²) in [7, 11) is 0. The van der Waals surface area contributed by atoms with Crippen molar-refractivity contribution in [2.24, 2.45) is 11.8 Å². The van der Waals surface area contributed by atoms with Crippen LogP contribution in [0.4, 0.5) is 0 Å². The SMILES string of the molecule is Cl.O=C(CN1C(=O)C2C3CCC(O3)C2C1=O)NCC1CCCN1. The van der Waals surface area contributed by atoms with Gasteiger partial charge in [0.25, 0.3) is 0 Å². The van der Waals surface area contributed by atoms with Crippen molar-refractivity contribution in [1.29, 1.82) is 0 Å². The number of halogens is 1. The number of imide groups is 1. The summed E-state index contributed by atoms with van der Waals surface area (Å²) in [6.07, 6.45) is 3.61. The molecule has 0 saturated carbocycles. The van der Waals surface area contributed by atoms with Gasteiger partial charge in [-0.1, -0.05) is 0 Å². The Bertz CT molecular complexity index is 495. The van der Waals surface area contributed by atoms with Gasteiger partial charge in [-0.05, 0) is 32.2 Å². The molecule has 4 rings (SSSR count). The van der Waals surface area contributed by atoms with Gasteiger partial charge in [0, 0.05) is 12.6 Å². The number of fused-ring (bicyclic) bond motifs is 5. The monoisotopic (exact) mass is 343 g/mol. The molecular formula is C15H22ClN3O4. The number of carbonyl (C=O) groups is 3. The van der Waals surface area contributed by atoms with Gasteiger partial charge in [-0.3, -0.25) is 19.3 Å². The molecule has 5 unspecified atom stereocenters. The highest BCUT2D eigenvalue weighted by Gasteiger charge is 2.62. The molecule has 0 aromatic rings. The number of nitrogens with zero attached hydrogens (tertiary/aromatic N) is 1. The Morgan fingerprint density at radius 1 is 1.17 bits per heavy atom. The topological polar surface area (TPSA) is 87.7 Å². The van der Waals surface area contributed by atoms with Crippen LogP contribution in [0.15, 0.2) is 0 Å². The molecule has 4 aliphatic heterocycles. The highest BCUT2D eigenvalue weighted by molar-refractivity contribution is 6.08. The van der Waals surface area contributed by atoms with E-state index in [-0.39, 0.29) is 60.7 Å². The van der Waals surface area contributed by atoms with Crippen LogP contribution >= 0.6 is 12.4 Å². The van der Waals surface area contributed by atoms with Crippen LogP contribution in [0.25, 0.3) is 0 Å². The molecule has 4 aliphatic rings. The molecule has 5 atom stereocenters. The zero-order valence-electron chi connectivity index (χ0n) is 12.8. The first-order valence-electron chi connectivity index (χ1n) is 8.16. The van der Waals surface area contributed by atoms with Crippen LogP contribution in [0.2, 0.25) is 0 Å². The predicted octanol–water partition coefficient (Wildman–Crippen LogP) is -0.561. The fourth-order valence-corrected chi connectivity index (χ4v) is 4.30. The summed E-state index contributed by atoms with van der Waals surface area (Å²) in [4.78, 5) is 38.0. The molecule has 4 heterocycles. The standard InChI is InChI=1S/C15H21N3O4.ClH/c19-11(17-6-8-2-1-5-16-8)7-18-14(20)12-9-3-4-10(22-9)13(12)15(18)21;/h8-10,12-13,16H,1-7H2,(H,17,19);1H. The minimum Gasteiger partial charge on any atom is -0.373 e. The van der Waals surface area contributed by atoms with Crippen molar-refractivity contribution >= 4 is 30.1 Å². The molecule has 0 aromatic carbocycles. The number of likely N-dealkylation sites (tertiary alicyclic amines) is 1. The van der Waals surface area contributed by atoms with Gasteiger partial charge in [-0.2, -0.15) is 0 Å². The Morgan fingerprint density at radius 2 is 1.83 bits per heavy atom. The van der Waals surface area contributed by atoms with E-state index in [2.05, 4.69) is 10.6 Å². The zero-order chi connectivity index (χ0) is 15.3. The first-order chi connectivity index (χ1) is 10.6. The second-order valence-electron chi connectivity index (χ2n) is 6.70. The summed E-state index contributed by atoms with van der Waals surface area (Å²) in [5.74, 6) is -1.41. The van der Waals surface area contributed by atoms with Crippen molar-refractivity contribution in [3.63, 3.8) is 0 Å². The quantitative estimate of drug-likeness (QED) is 0.668. The van der Waals surface area contributed by atoms with Crippen LogP contribution in [-0.2, 0) is 19.1 Å². The molecule has 7 nitrogen and oxygen atoms in total. The molecule has 0 aliphatic carbocycles. The maximum atomic E-state index is 12.4. The van der Waals surface area contributed by atoms with Gasteiger partial charge in [0.05, 0.1) is 24.0 Å². The summed E-state index contributed by atoms with van der Waals surface area (Å²) in [5.41, 5.74) is 0. The second-order valence-corrected chi connectivity index (χ2v) is 6.70. The molecule has 23 heavy (non-hydrogen) atoms. The summed E-state index contributed by atoms with van der Waals surface area (Å²) in [6.45, 7) is 1.38. The van der Waals surface area contributed by atoms with E-state index < -0.39 is 0 Å². The Balaban J connectivity index is 0.00000156. The van der Waals surface area contributed by atoms with Crippen LogP contribution < -0.4 is 10.6 Å². The van der Waals surface area contributed by atoms with E-state index in [1.807, 2.05) is 0 Å². The highest BCUT2D eigenvalue weighted by atomic mass is 35.5. The third-order valence-corrected chi connectivity index (χ3v) is 5.39. The highest BCUT2D eigenvalue weighted by Crippen LogP contribution is 2.48. The van der Waals surface area contributed by atoms with Gasteiger partial charge >= 0.3 is 0 Å². The average molecular weight is 344 g/mol.